The molecule has 2 aromatic rings. The number of allylic oxidation sites excluding steroid dienone is 3. The lowest BCUT2D eigenvalue weighted by atomic mass is 10.1. The number of hydrogen-bond donors (Lipinski definition) is 0. The molecular formula is C21H14O. The first-order chi connectivity index (χ1) is 10.8. The number of furan rings is 1. The molecule has 1 aromatic heterocycles. The van der Waals surface area contributed by atoms with Crippen molar-refractivity contribution in [3.63, 3.8) is 0 Å². The molecule has 1 atom stereocenters. The van der Waals surface area contributed by atoms with E-state index in [9.17, 15) is 0 Å². The molecule has 1 aromatic carbocycles. The van der Waals surface area contributed by atoms with Gasteiger partial charge in [0, 0.05) is 21.9 Å². The maximum atomic E-state index is 6.17. The molecule has 0 saturated heterocycles. The quantitative estimate of drug-likeness (QED) is 0.732. The summed E-state index contributed by atoms with van der Waals surface area (Å²) in [5.74, 6) is 1.32. The van der Waals surface area contributed by atoms with Gasteiger partial charge < -0.3 is 4.42 Å². The summed E-state index contributed by atoms with van der Waals surface area (Å²) in [5, 5.41) is 1.10. The van der Waals surface area contributed by atoms with Crippen LogP contribution in [-0.2, 0) is 0 Å². The van der Waals surface area contributed by atoms with E-state index in [-0.39, 0.29) is 0 Å². The van der Waals surface area contributed by atoms with Gasteiger partial charge in [0.2, 0.25) is 0 Å². The Balaban J connectivity index is 2.08. The third-order valence-electron chi connectivity index (χ3n) is 3.89. The van der Waals surface area contributed by atoms with Crippen LogP contribution in [0.2, 0.25) is 0 Å². The van der Waals surface area contributed by atoms with Gasteiger partial charge in [0.15, 0.2) is 0 Å². The van der Waals surface area contributed by atoms with Gasteiger partial charge in [0.05, 0.1) is 0 Å². The average Bonchev–Trinajstić information content (AvgIpc) is 2.68. The maximum absolute atomic E-state index is 6.17. The van der Waals surface area contributed by atoms with E-state index < -0.39 is 0 Å². The van der Waals surface area contributed by atoms with Crippen molar-refractivity contribution in [3.8, 4) is 0 Å². The van der Waals surface area contributed by atoms with Crippen molar-refractivity contribution in [2.45, 2.75) is 6.92 Å². The largest absolute Gasteiger partial charge is 0.455 e. The smallest absolute Gasteiger partial charge is 0.144 e. The highest BCUT2D eigenvalue weighted by Gasteiger charge is 2.13. The normalized spacial score (nSPS) is 18.0. The predicted octanol–water partition coefficient (Wildman–Crippen LogP) is 3.26. The second-order valence-corrected chi connectivity index (χ2v) is 5.47. The van der Waals surface area contributed by atoms with Crippen molar-refractivity contribution in [1.82, 2.24) is 0 Å². The topological polar surface area (TPSA) is 13.1 Å². The van der Waals surface area contributed by atoms with Gasteiger partial charge in [0.1, 0.15) is 11.2 Å². The highest BCUT2D eigenvalue weighted by atomic mass is 16.3. The van der Waals surface area contributed by atoms with Crippen LogP contribution in [0, 0.1) is 18.1 Å². The van der Waals surface area contributed by atoms with Crippen molar-refractivity contribution >= 4 is 23.8 Å². The van der Waals surface area contributed by atoms with E-state index >= 15 is 0 Å². The molecule has 4 rings (SSSR count). The minimum absolute atomic E-state index is 0.415. The fourth-order valence-electron chi connectivity index (χ4n) is 2.73. The molecular weight excluding hydrogens is 268 g/mol. The first-order valence-electron chi connectivity index (χ1n) is 7.38. The molecule has 0 spiro atoms. The molecule has 0 saturated carbocycles. The minimum atomic E-state index is 0.415. The van der Waals surface area contributed by atoms with Crippen LogP contribution < -0.4 is 10.6 Å². The maximum Gasteiger partial charge on any atom is 0.144 e. The molecule has 0 amide bonds. The Morgan fingerprint density at radius 1 is 1.18 bits per heavy atom. The van der Waals surface area contributed by atoms with E-state index in [2.05, 4.69) is 55.2 Å². The average molecular weight is 282 g/mol. The molecule has 0 bridgehead atoms. The Hall–Kier alpha value is -2.94. The molecule has 0 aliphatic heterocycles. The van der Waals surface area contributed by atoms with Crippen molar-refractivity contribution in [1.29, 1.82) is 0 Å². The Labute approximate surface area is 129 Å². The fraction of sp³-hybridized carbons (Fsp3) is 0.0952. The number of hydrogen-bond acceptors (Lipinski definition) is 1. The standard InChI is InChI=1S/C21H14O/c1-15-11-13-18-19-10-6-5-9-17(16-7-3-2-4-8-16)21(19)22-20(18)14-12-15/h2-3,6-7,9-15H,1H3. The summed E-state index contributed by atoms with van der Waals surface area (Å²) >= 11 is 0. The van der Waals surface area contributed by atoms with Crippen molar-refractivity contribution < 1.29 is 4.42 Å². The Morgan fingerprint density at radius 2 is 2.09 bits per heavy atom. The van der Waals surface area contributed by atoms with Gasteiger partial charge in [0.25, 0.3) is 0 Å². The van der Waals surface area contributed by atoms with E-state index in [0.29, 0.717) is 5.92 Å². The highest BCUT2D eigenvalue weighted by Crippen LogP contribution is 2.18. The zero-order valence-electron chi connectivity index (χ0n) is 12.3. The molecule has 1 heterocycles. The van der Waals surface area contributed by atoms with Gasteiger partial charge >= 0.3 is 0 Å². The molecule has 104 valence electrons. The summed E-state index contributed by atoms with van der Waals surface area (Å²) in [7, 11) is 0. The van der Waals surface area contributed by atoms with Gasteiger partial charge in [-0.3, -0.25) is 0 Å². The van der Waals surface area contributed by atoms with E-state index in [1.807, 2.05) is 30.4 Å². The minimum Gasteiger partial charge on any atom is -0.455 e. The summed E-state index contributed by atoms with van der Waals surface area (Å²) < 4.78 is 6.17. The SMILES string of the molecule is CC1C=Cc2oc3c(c2C=C1)=CC=C=CC=3c1c#cccc1. The van der Waals surface area contributed by atoms with Crippen molar-refractivity contribution in [3.05, 3.63) is 87.9 Å². The third-order valence-corrected chi connectivity index (χ3v) is 3.89. The van der Waals surface area contributed by atoms with Gasteiger partial charge in [-0.1, -0.05) is 43.4 Å². The second kappa shape index (κ2) is 5.11. The number of rotatable bonds is 1. The summed E-state index contributed by atoms with van der Waals surface area (Å²) in [6, 6.07) is 12.0. The lowest BCUT2D eigenvalue weighted by Gasteiger charge is -1.96. The highest BCUT2D eigenvalue weighted by molar-refractivity contribution is 5.75. The van der Waals surface area contributed by atoms with E-state index in [0.717, 1.165) is 33.1 Å². The molecule has 0 N–H and O–H groups in total. The summed E-state index contributed by atoms with van der Waals surface area (Å²) in [6.45, 7) is 2.16. The van der Waals surface area contributed by atoms with Crippen LogP contribution in [0.15, 0.2) is 52.7 Å². The summed E-state index contributed by atoms with van der Waals surface area (Å²) in [4.78, 5) is 0. The first-order valence-corrected chi connectivity index (χ1v) is 7.38. The summed E-state index contributed by atoms with van der Waals surface area (Å²) in [5.41, 5.74) is 7.12. The molecule has 1 heteroatoms. The lowest BCUT2D eigenvalue weighted by Crippen LogP contribution is -2.24. The Morgan fingerprint density at radius 3 is 2.95 bits per heavy atom. The van der Waals surface area contributed by atoms with Gasteiger partial charge in [-0.2, -0.15) is 0 Å². The van der Waals surface area contributed by atoms with Gasteiger partial charge in [-0.15, -0.1) is 5.73 Å². The number of fused-ring (bicyclic) bond motifs is 3. The molecule has 1 nitrogen and oxygen atoms in total. The van der Waals surface area contributed by atoms with Crippen LogP contribution in [0.3, 0.4) is 0 Å². The zero-order valence-corrected chi connectivity index (χ0v) is 12.3. The molecule has 2 aliphatic rings. The first kappa shape index (κ1) is 12.8. The molecule has 0 fully saturated rings. The molecule has 22 heavy (non-hydrogen) atoms. The Kier molecular flexibility index (Phi) is 2.97. The molecule has 1 unspecified atom stereocenters. The van der Waals surface area contributed by atoms with Crippen LogP contribution in [-0.4, -0.2) is 0 Å². The lowest BCUT2D eigenvalue weighted by molar-refractivity contribution is 0.519. The predicted molar refractivity (Wildman–Crippen MR) is 88.9 cm³/mol. The Bertz CT molecular complexity index is 959. The molecule has 2 aliphatic carbocycles. The van der Waals surface area contributed by atoms with Gasteiger partial charge in [-0.25, -0.2) is 0 Å². The summed E-state index contributed by atoms with van der Waals surface area (Å²) in [6.07, 6.45) is 14.5. The van der Waals surface area contributed by atoms with Crippen LogP contribution in [0.5, 0.6) is 0 Å². The van der Waals surface area contributed by atoms with E-state index in [4.69, 9.17) is 4.42 Å². The van der Waals surface area contributed by atoms with Crippen LogP contribution in [0.1, 0.15) is 23.8 Å². The van der Waals surface area contributed by atoms with Gasteiger partial charge in [-0.05, 0) is 42.4 Å². The fourth-order valence-corrected chi connectivity index (χ4v) is 2.73. The van der Waals surface area contributed by atoms with Crippen molar-refractivity contribution in [2.75, 3.05) is 0 Å². The second-order valence-electron chi connectivity index (χ2n) is 5.47. The van der Waals surface area contributed by atoms with Crippen LogP contribution >= 0.6 is 0 Å². The third kappa shape index (κ3) is 2.07. The van der Waals surface area contributed by atoms with Crippen LogP contribution in [0.4, 0.5) is 0 Å². The van der Waals surface area contributed by atoms with Crippen molar-refractivity contribution in [2.24, 2.45) is 5.92 Å². The van der Waals surface area contributed by atoms with Crippen LogP contribution in [0.25, 0.3) is 23.8 Å². The van der Waals surface area contributed by atoms with E-state index in [1.54, 1.807) is 0 Å². The van der Waals surface area contributed by atoms with E-state index in [1.165, 1.54) is 0 Å². The zero-order chi connectivity index (χ0) is 14.9. The molecule has 0 radical (unpaired) electrons. The monoisotopic (exact) mass is 282 g/mol.